The fourth-order valence-corrected chi connectivity index (χ4v) is 2.91. The van der Waals surface area contributed by atoms with Crippen molar-refractivity contribution in [2.75, 3.05) is 5.32 Å². The van der Waals surface area contributed by atoms with E-state index in [9.17, 15) is 9.18 Å². The summed E-state index contributed by atoms with van der Waals surface area (Å²) >= 11 is 5.88. The molecular weight excluding hydrogens is 391 g/mol. The van der Waals surface area contributed by atoms with Crippen LogP contribution in [0.5, 0.6) is 0 Å². The van der Waals surface area contributed by atoms with E-state index in [1.165, 1.54) is 16.8 Å². The Kier molecular flexibility index (Phi) is 5.10. The lowest BCUT2D eigenvalue weighted by Crippen LogP contribution is -2.14. The second-order valence-corrected chi connectivity index (χ2v) is 6.91. The molecule has 3 aromatic carbocycles. The summed E-state index contributed by atoms with van der Waals surface area (Å²) in [6.45, 7) is 1.99. The molecule has 144 valence electrons. The SMILES string of the molecule is Cc1ccc(-c2nc(C(=O)Nc3ccc(Cl)cc3)nn2-c2ccc(F)cc2)cc1. The number of nitrogens with zero attached hydrogens (tertiary/aromatic N) is 3. The molecule has 1 heterocycles. The number of nitrogens with one attached hydrogen (secondary N) is 1. The van der Waals surface area contributed by atoms with Crippen molar-refractivity contribution < 1.29 is 9.18 Å². The fourth-order valence-electron chi connectivity index (χ4n) is 2.78. The van der Waals surface area contributed by atoms with E-state index >= 15 is 0 Å². The number of anilines is 1. The summed E-state index contributed by atoms with van der Waals surface area (Å²) < 4.78 is 14.9. The molecule has 0 atom stereocenters. The molecule has 0 aliphatic carbocycles. The van der Waals surface area contributed by atoms with E-state index in [0.717, 1.165) is 11.1 Å². The van der Waals surface area contributed by atoms with E-state index in [2.05, 4.69) is 15.4 Å². The summed E-state index contributed by atoms with van der Waals surface area (Å²) in [6, 6.07) is 20.3. The van der Waals surface area contributed by atoms with Gasteiger partial charge in [0.1, 0.15) is 5.82 Å². The van der Waals surface area contributed by atoms with Gasteiger partial charge in [0, 0.05) is 16.3 Å². The van der Waals surface area contributed by atoms with Crippen molar-refractivity contribution in [3.63, 3.8) is 0 Å². The van der Waals surface area contributed by atoms with Crippen LogP contribution in [0.25, 0.3) is 17.1 Å². The van der Waals surface area contributed by atoms with E-state index in [4.69, 9.17) is 11.6 Å². The number of benzene rings is 3. The van der Waals surface area contributed by atoms with Gasteiger partial charge in [-0.3, -0.25) is 4.79 Å². The van der Waals surface area contributed by atoms with Gasteiger partial charge < -0.3 is 5.32 Å². The van der Waals surface area contributed by atoms with Crippen molar-refractivity contribution in [3.8, 4) is 17.1 Å². The summed E-state index contributed by atoms with van der Waals surface area (Å²) in [5.74, 6) is -0.328. The molecule has 5 nitrogen and oxygen atoms in total. The second-order valence-electron chi connectivity index (χ2n) is 6.47. The van der Waals surface area contributed by atoms with Crippen LogP contribution in [-0.2, 0) is 0 Å². The topological polar surface area (TPSA) is 59.8 Å². The summed E-state index contributed by atoms with van der Waals surface area (Å²) in [6.07, 6.45) is 0. The minimum Gasteiger partial charge on any atom is -0.319 e. The first-order valence-electron chi connectivity index (χ1n) is 8.86. The Morgan fingerprint density at radius 2 is 1.62 bits per heavy atom. The highest BCUT2D eigenvalue weighted by molar-refractivity contribution is 6.30. The third-order valence-electron chi connectivity index (χ3n) is 4.29. The number of rotatable bonds is 4. The second kappa shape index (κ2) is 7.85. The van der Waals surface area contributed by atoms with Gasteiger partial charge in [-0.2, -0.15) is 0 Å². The molecule has 0 saturated carbocycles. The third-order valence-corrected chi connectivity index (χ3v) is 4.55. The summed E-state index contributed by atoms with van der Waals surface area (Å²) in [4.78, 5) is 17.1. The average Bonchev–Trinajstić information content (AvgIpc) is 3.16. The highest BCUT2D eigenvalue weighted by Crippen LogP contribution is 2.23. The molecule has 0 fully saturated rings. The number of hydrogen-bond donors (Lipinski definition) is 1. The Morgan fingerprint density at radius 1 is 0.966 bits per heavy atom. The molecule has 0 aliphatic heterocycles. The zero-order chi connectivity index (χ0) is 20.4. The summed E-state index contributed by atoms with van der Waals surface area (Å²) in [7, 11) is 0. The average molecular weight is 407 g/mol. The smallest absolute Gasteiger partial charge is 0.295 e. The minimum absolute atomic E-state index is 0.000139. The van der Waals surface area contributed by atoms with Gasteiger partial charge >= 0.3 is 0 Å². The number of aromatic nitrogens is 3. The molecule has 0 bridgehead atoms. The maximum atomic E-state index is 13.4. The lowest BCUT2D eigenvalue weighted by Gasteiger charge is -2.06. The lowest BCUT2D eigenvalue weighted by atomic mass is 10.1. The van der Waals surface area contributed by atoms with Gasteiger partial charge in [0.05, 0.1) is 5.69 Å². The lowest BCUT2D eigenvalue weighted by molar-refractivity contribution is 0.101. The normalized spacial score (nSPS) is 10.7. The fraction of sp³-hybridized carbons (Fsp3) is 0.0455. The third kappa shape index (κ3) is 4.17. The van der Waals surface area contributed by atoms with E-state index in [1.807, 2.05) is 31.2 Å². The number of hydrogen-bond acceptors (Lipinski definition) is 3. The summed E-state index contributed by atoms with van der Waals surface area (Å²) in [5, 5.41) is 7.69. The largest absolute Gasteiger partial charge is 0.319 e. The molecule has 0 radical (unpaired) electrons. The molecule has 7 heteroatoms. The Bertz CT molecular complexity index is 1090. The maximum absolute atomic E-state index is 13.4. The first kappa shape index (κ1) is 18.8. The van der Waals surface area contributed by atoms with Crippen LogP contribution < -0.4 is 5.32 Å². The monoisotopic (exact) mass is 406 g/mol. The van der Waals surface area contributed by atoms with Gasteiger partial charge in [-0.05, 0) is 55.5 Å². The Balaban J connectivity index is 1.74. The Hall–Kier alpha value is -3.51. The van der Waals surface area contributed by atoms with Crippen LogP contribution in [0.1, 0.15) is 16.2 Å². The van der Waals surface area contributed by atoms with Crippen LogP contribution in [0.4, 0.5) is 10.1 Å². The highest BCUT2D eigenvalue weighted by atomic mass is 35.5. The predicted octanol–water partition coefficient (Wildman–Crippen LogP) is 5.29. The number of amides is 1. The molecule has 1 N–H and O–H groups in total. The first-order valence-corrected chi connectivity index (χ1v) is 9.24. The molecule has 4 rings (SSSR count). The summed E-state index contributed by atoms with van der Waals surface area (Å²) in [5.41, 5.74) is 3.06. The Labute approximate surface area is 171 Å². The molecule has 0 aliphatic rings. The molecule has 4 aromatic rings. The van der Waals surface area contributed by atoms with Crippen molar-refractivity contribution >= 4 is 23.2 Å². The maximum Gasteiger partial charge on any atom is 0.295 e. The van der Waals surface area contributed by atoms with Gasteiger partial charge in [-0.15, -0.1) is 5.10 Å². The molecule has 0 unspecified atom stereocenters. The molecule has 0 saturated heterocycles. The molecular formula is C22H16ClFN4O. The van der Waals surface area contributed by atoms with Crippen molar-refractivity contribution in [3.05, 3.63) is 95.0 Å². The molecule has 29 heavy (non-hydrogen) atoms. The minimum atomic E-state index is -0.457. The van der Waals surface area contributed by atoms with Crippen LogP contribution in [0, 0.1) is 12.7 Å². The van der Waals surface area contributed by atoms with Crippen molar-refractivity contribution in [1.82, 2.24) is 14.8 Å². The highest BCUT2D eigenvalue weighted by Gasteiger charge is 2.19. The molecule has 0 spiro atoms. The molecule has 1 aromatic heterocycles. The van der Waals surface area contributed by atoms with Crippen LogP contribution in [0.3, 0.4) is 0 Å². The van der Waals surface area contributed by atoms with Crippen LogP contribution >= 0.6 is 11.6 Å². The van der Waals surface area contributed by atoms with Crippen LogP contribution in [-0.4, -0.2) is 20.7 Å². The number of carbonyl (C=O) groups is 1. The van der Waals surface area contributed by atoms with Gasteiger partial charge in [-0.25, -0.2) is 14.1 Å². The number of carbonyl (C=O) groups excluding carboxylic acids is 1. The van der Waals surface area contributed by atoms with Gasteiger partial charge in [0.2, 0.25) is 5.82 Å². The van der Waals surface area contributed by atoms with E-state index in [1.54, 1.807) is 36.4 Å². The number of aryl methyl sites for hydroxylation is 1. The van der Waals surface area contributed by atoms with Crippen molar-refractivity contribution in [2.24, 2.45) is 0 Å². The Morgan fingerprint density at radius 3 is 2.28 bits per heavy atom. The first-order chi connectivity index (χ1) is 14.0. The van der Waals surface area contributed by atoms with Crippen LogP contribution in [0.2, 0.25) is 5.02 Å². The quantitative estimate of drug-likeness (QED) is 0.501. The van der Waals surface area contributed by atoms with E-state index in [0.29, 0.717) is 22.2 Å². The zero-order valence-corrected chi connectivity index (χ0v) is 16.2. The van der Waals surface area contributed by atoms with Gasteiger partial charge in [-0.1, -0.05) is 41.4 Å². The standard InChI is InChI=1S/C22H16ClFN4O/c1-14-2-4-15(5-3-14)21-26-20(22(29)25-18-10-6-16(23)7-11-18)27-28(21)19-12-8-17(24)9-13-19/h2-13H,1H3,(H,25,29). The van der Waals surface area contributed by atoms with Gasteiger partial charge in [0.15, 0.2) is 5.82 Å². The zero-order valence-electron chi connectivity index (χ0n) is 15.4. The van der Waals surface area contributed by atoms with Crippen molar-refractivity contribution in [2.45, 2.75) is 6.92 Å². The van der Waals surface area contributed by atoms with Crippen molar-refractivity contribution in [1.29, 1.82) is 0 Å². The van der Waals surface area contributed by atoms with Gasteiger partial charge in [0.25, 0.3) is 5.91 Å². The van der Waals surface area contributed by atoms with Crippen LogP contribution in [0.15, 0.2) is 72.8 Å². The molecule has 1 amide bonds. The van der Waals surface area contributed by atoms with E-state index < -0.39 is 5.91 Å². The van der Waals surface area contributed by atoms with E-state index in [-0.39, 0.29) is 11.6 Å². The number of halogens is 2. The predicted molar refractivity (Wildman–Crippen MR) is 111 cm³/mol.